The molecule has 1 aromatic rings. The van der Waals surface area contributed by atoms with Gasteiger partial charge in [0.1, 0.15) is 0 Å². The largest absolute Gasteiger partial charge is 0.504 e. The van der Waals surface area contributed by atoms with Crippen LogP contribution in [0.4, 0.5) is 0 Å². The van der Waals surface area contributed by atoms with Gasteiger partial charge in [-0.1, -0.05) is 0 Å². The zero-order chi connectivity index (χ0) is 12.3. The van der Waals surface area contributed by atoms with Gasteiger partial charge >= 0.3 is 0 Å². The molecule has 88 valence electrons. The number of carbonyl (C=O) groups excluding carboxylic acids is 1. The lowest BCUT2D eigenvalue weighted by Gasteiger charge is -2.15. The molecule has 1 rings (SSSR count). The molecule has 0 bridgehead atoms. The molecule has 0 saturated carbocycles. The number of methoxy groups -OCH3 is 2. The Balaban J connectivity index is 3.67. The van der Waals surface area contributed by atoms with E-state index in [4.69, 9.17) is 14.6 Å². The van der Waals surface area contributed by atoms with E-state index in [0.717, 1.165) is 0 Å². The van der Waals surface area contributed by atoms with Gasteiger partial charge in [0.25, 0.3) is 0 Å². The highest BCUT2D eigenvalue weighted by atomic mass is 16.5. The van der Waals surface area contributed by atoms with E-state index in [1.165, 1.54) is 14.2 Å². The maximum atomic E-state index is 10.7. The Kier molecular flexibility index (Phi) is 3.57. The average molecular weight is 228 g/mol. The van der Waals surface area contributed by atoms with Crippen molar-refractivity contribution in [1.29, 1.82) is 0 Å². The average Bonchev–Trinajstić information content (AvgIpc) is 2.30. The van der Waals surface area contributed by atoms with E-state index in [1.807, 2.05) is 0 Å². The Morgan fingerprint density at radius 1 is 1.12 bits per heavy atom. The summed E-state index contributed by atoms with van der Waals surface area (Å²) >= 11 is 0. The molecule has 3 N–H and O–H groups in total. The predicted octanol–water partition coefficient (Wildman–Crippen LogP) is 0.420. The first-order chi connectivity index (χ1) is 7.62. The minimum Gasteiger partial charge on any atom is -0.504 e. The van der Waals surface area contributed by atoms with Gasteiger partial charge in [0.2, 0.25) is 11.5 Å². The van der Waals surface area contributed by atoms with Gasteiger partial charge in [-0.05, 0) is 0 Å². The lowest BCUT2D eigenvalue weighted by atomic mass is 10.0. The number of carbonyl (C=O) groups is 1. The first-order valence-electron chi connectivity index (χ1n) is 4.37. The van der Waals surface area contributed by atoms with Crippen LogP contribution in [0.1, 0.15) is 15.9 Å². The number of benzene rings is 1. The van der Waals surface area contributed by atoms with Crippen molar-refractivity contribution in [2.24, 2.45) is 0 Å². The summed E-state index contributed by atoms with van der Waals surface area (Å²) in [7, 11) is 2.52. The van der Waals surface area contributed by atoms with Crippen molar-refractivity contribution in [2.75, 3.05) is 14.2 Å². The highest BCUT2D eigenvalue weighted by Crippen LogP contribution is 2.47. The van der Waals surface area contributed by atoms with Crippen LogP contribution in [0.2, 0.25) is 0 Å². The van der Waals surface area contributed by atoms with E-state index in [9.17, 15) is 15.0 Å². The number of hydrogen-bond acceptors (Lipinski definition) is 6. The predicted molar refractivity (Wildman–Crippen MR) is 54.2 cm³/mol. The summed E-state index contributed by atoms with van der Waals surface area (Å²) in [6.07, 6.45) is 0.322. The van der Waals surface area contributed by atoms with Gasteiger partial charge < -0.3 is 24.8 Å². The van der Waals surface area contributed by atoms with Crippen molar-refractivity contribution in [3.05, 3.63) is 11.1 Å². The number of rotatable bonds is 4. The molecule has 0 aliphatic carbocycles. The number of aliphatic hydroxyl groups is 1. The molecule has 0 spiro atoms. The summed E-state index contributed by atoms with van der Waals surface area (Å²) < 4.78 is 9.64. The smallest absolute Gasteiger partial charge is 0.207 e. The Hall–Kier alpha value is -1.95. The molecule has 0 atom stereocenters. The van der Waals surface area contributed by atoms with Crippen molar-refractivity contribution in [3.63, 3.8) is 0 Å². The summed E-state index contributed by atoms with van der Waals surface area (Å²) in [6, 6.07) is 0. The lowest BCUT2D eigenvalue weighted by Crippen LogP contribution is -2.00. The quantitative estimate of drug-likeness (QED) is 0.510. The Labute approximate surface area is 91.7 Å². The maximum Gasteiger partial charge on any atom is 0.207 e. The molecule has 1 aromatic carbocycles. The molecule has 0 aliphatic heterocycles. The molecule has 0 aromatic heterocycles. The number of hydrogen-bond donors (Lipinski definition) is 3. The molecule has 0 heterocycles. The third kappa shape index (κ3) is 1.63. The molecule has 16 heavy (non-hydrogen) atoms. The molecule has 0 aliphatic rings. The van der Waals surface area contributed by atoms with Crippen LogP contribution in [0.5, 0.6) is 23.0 Å². The van der Waals surface area contributed by atoms with E-state index in [2.05, 4.69) is 0 Å². The summed E-state index contributed by atoms with van der Waals surface area (Å²) in [6.45, 7) is -0.603. The van der Waals surface area contributed by atoms with Crippen molar-refractivity contribution < 1.29 is 29.6 Å². The Morgan fingerprint density at radius 3 is 2.00 bits per heavy atom. The van der Waals surface area contributed by atoms with Crippen LogP contribution < -0.4 is 9.47 Å². The van der Waals surface area contributed by atoms with Crippen LogP contribution in [-0.4, -0.2) is 35.8 Å². The van der Waals surface area contributed by atoms with E-state index in [-0.39, 0.29) is 22.6 Å². The van der Waals surface area contributed by atoms with Crippen molar-refractivity contribution in [1.82, 2.24) is 0 Å². The third-order valence-electron chi connectivity index (χ3n) is 2.19. The fourth-order valence-corrected chi connectivity index (χ4v) is 1.41. The Bertz CT molecular complexity index is 413. The van der Waals surface area contributed by atoms with Crippen molar-refractivity contribution in [2.45, 2.75) is 6.61 Å². The van der Waals surface area contributed by atoms with E-state index in [0.29, 0.717) is 6.29 Å². The SMILES string of the molecule is COc1c(O)c(C=O)c(CO)c(O)c1OC. The summed E-state index contributed by atoms with van der Waals surface area (Å²) in [4.78, 5) is 10.7. The van der Waals surface area contributed by atoms with Crippen LogP contribution in [0.15, 0.2) is 0 Å². The second kappa shape index (κ2) is 4.71. The summed E-state index contributed by atoms with van der Waals surface area (Å²) in [5.74, 6) is -1.19. The molecule has 0 radical (unpaired) electrons. The summed E-state index contributed by atoms with van der Waals surface area (Å²) in [5, 5.41) is 28.4. The molecule has 6 heteroatoms. The van der Waals surface area contributed by atoms with Gasteiger partial charge in [-0.25, -0.2) is 0 Å². The van der Waals surface area contributed by atoms with E-state index in [1.54, 1.807) is 0 Å². The molecular weight excluding hydrogens is 216 g/mol. The van der Waals surface area contributed by atoms with Gasteiger partial charge in [-0.2, -0.15) is 0 Å². The van der Waals surface area contributed by atoms with Gasteiger partial charge in [-0.15, -0.1) is 0 Å². The molecule has 0 fully saturated rings. The minimum atomic E-state index is -0.603. The van der Waals surface area contributed by atoms with E-state index >= 15 is 0 Å². The normalized spacial score (nSPS) is 9.94. The second-order valence-corrected chi connectivity index (χ2v) is 2.93. The van der Waals surface area contributed by atoms with E-state index < -0.39 is 18.1 Å². The highest BCUT2D eigenvalue weighted by molar-refractivity contribution is 5.87. The number of aliphatic hydroxyl groups excluding tert-OH is 1. The summed E-state index contributed by atoms with van der Waals surface area (Å²) in [5.41, 5.74) is -0.331. The van der Waals surface area contributed by atoms with Crippen LogP contribution in [0.3, 0.4) is 0 Å². The first-order valence-corrected chi connectivity index (χ1v) is 4.37. The second-order valence-electron chi connectivity index (χ2n) is 2.93. The minimum absolute atomic E-state index is 0.106. The van der Waals surface area contributed by atoms with Crippen LogP contribution in [-0.2, 0) is 6.61 Å². The number of phenolic OH excluding ortho intramolecular Hbond substituents is 1. The highest BCUT2D eigenvalue weighted by Gasteiger charge is 2.24. The number of phenols is 2. The number of aromatic hydroxyl groups is 2. The van der Waals surface area contributed by atoms with Gasteiger partial charge in [0.15, 0.2) is 17.8 Å². The zero-order valence-corrected chi connectivity index (χ0v) is 8.85. The van der Waals surface area contributed by atoms with Crippen LogP contribution in [0.25, 0.3) is 0 Å². The topological polar surface area (TPSA) is 96.2 Å². The fourth-order valence-electron chi connectivity index (χ4n) is 1.41. The van der Waals surface area contributed by atoms with Gasteiger partial charge in [-0.3, -0.25) is 4.79 Å². The van der Waals surface area contributed by atoms with Crippen LogP contribution >= 0.6 is 0 Å². The number of aldehydes is 1. The maximum absolute atomic E-state index is 10.7. The molecular formula is C10H12O6. The monoisotopic (exact) mass is 228 g/mol. The molecule has 0 saturated heterocycles. The van der Waals surface area contributed by atoms with Gasteiger partial charge in [0.05, 0.1) is 26.4 Å². The Morgan fingerprint density at radius 2 is 1.62 bits per heavy atom. The van der Waals surface area contributed by atoms with Gasteiger partial charge in [0, 0.05) is 5.56 Å². The third-order valence-corrected chi connectivity index (χ3v) is 2.19. The molecule has 6 nitrogen and oxygen atoms in total. The number of ether oxygens (including phenoxy) is 2. The lowest BCUT2D eigenvalue weighted by molar-refractivity contribution is 0.111. The van der Waals surface area contributed by atoms with Crippen molar-refractivity contribution >= 4 is 6.29 Å². The zero-order valence-electron chi connectivity index (χ0n) is 8.85. The van der Waals surface area contributed by atoms with Crippen molar-refractivity contribution in [3.8, 4) is 23.0 Å². The standard InChI is InChI=1S/C10H12O6/c1-15-9-7(13)5(3-11)6(4-12)8(14)10(9)16-2/h3,12-14H,4H2,1-2H3. The molecule has 0 unspecified atom stereocenters. The molecule has 0 amide bonds. The first kappa shape index (κ1) is 12.1. The fraction of sp³-hybridized carbons (Fsp3) is 0.300. The van der Waals surface area contributed by atoms with Crippen LogP contribution in [0, 0.1) is 0 Å².